The summed E-state index contributed by atoms with van der Waals surface area (Å²) in [6, 6.07) is 3.97. The van der Waals surface area contributed by atoms with Gasteiger partial charge in [-0.1, -0.05) is 18.2 Å². The van der Waals surface area contributed by atoms with Gasteiger partial charge in [-0.05, 0) is 24.3 Å². The Kier molecular flexibility index (Phi) is 4.72. The second-order valence-corrected chi connectivity index (χ2v) is 5.23. The fourth-order valence-electron chi connectivity index (χ4n) is 2.17. The summed E-state index contributed by atoms with van der Waals surface area (Å²) >= 11 is 6.24. The minimum Gasteiger partial charge on any atom is -0.380 e. The fraction of sp³-hybridized carbons (Fsp3) is 0.467. The minimum atomic E-state index is 0.754. The average molecular weight is 281 g/mol. The topological polar surface area (TPSA) is 15.7 Å². The highest BCUT2D eigenvalue weighted by atomic mass is 35.5. The Morgan fingerprint density at radius 3 is 2.74 bits per heavy atom. The highest BCUT2D eigenvalue weighted by molar-refractivity contribution is 6.30. The maximum absolute atomic E-state index is 6.24. The van der Waals surface area contributed by atoms with Crippen LogP contribution in [0.4, 0.5) is 5.69 Å². The third kappa shape index (κ3) is 3.43. The average Bonchev–Trinajstić information content (AvgIpc) is 2.43. The quantitative estimate of drug-likeness (QED) is 0.830. The van der Waals surface area contributed by atoms with Crippen LogP contribution >= 0.6 is 11.6 Å². The monoisotopic (exact) mass is 280 g/mol. The molecule has 2 rings (SSSR count). The molecular weight excluding hydrogens is 260 g/mol. The zero-order valence-corrected chi connectivity index (χ0v) is 12.4. The van der Waals surface area contributed by atoms with E-state index in [0.29, 0.717) is 0 Å². The van der Waals surface area contributed by atoms with Crippen LogP contribution in [0.25, 0.3) is 12.8 Å². The number of ether oxygens (including phenoxy) is 1. The Labute approximate surface area is 119 Å². The van der Waals surface area contributed by atoms with Gasteiger partial charge in [-0.2, -0.15) is 0 Å². The van der Waals surface area contributed by atoms with Crippen molar-refractivity contribution in [1.29, 1.82) is 0 Å². The Balaban J connectivity index is 2.44. The molecule has 3 nitrogen and oxygen atoms in total. The lowest BCUT2D eigenvalue weighted by Gasteiger charge is -2.29. The SMILES string of the molecule is C=c1c(N2CCOCC2)cc(Cl)c/c1=C/N(C)CC. The lowest BCUT2D eigenvalue weighted by Crippen LogP contribution is -2.41. The van der Waals surface area contributed by atoms with E-state index in [2.05, 4.69) is 36.6 Å². The van der Waals surface area contributed by atoms with Gasteiger partial charge in [0.1, 0.15) is 0 Å². The number of hydrogen-bond donors (Lipinski definition) is 0. The van der Waals surface area contributed by atoms with Gasteiger partial charge in [-0.3, -0.25) is 0 Å². The second-order valence-electron chi connectivity index (χ2n) is 4.79. The normalized spacial score (nSPS) is 16.8. The van der Waals surface area contributed by atoms with E-state index in [1.165, 1.54) is 0 Å². The molecule has 0 atom stereocenters. The van der Waals surface area contributed by atoms with Gasteiger partial charge in [0, 0.05) is 48.8 Å². The van der Waals surface area contributed by atoms with Crippen LogP contribution in [0.5, 0.6) is 0 Å². The molecule has 0 spiro atoms. The van der Waals surface area contributed by atoms with Gasteiger partial charge in [0.25, 0.3) is 0 Å². The van der Waals surface area contributed by atoms with Crippen molar-refractivity contribution in [2.75, 3.05) is 44.8 Å². The maximum Gasteiger partial charge on any atom is 0.0642 e. The van der Waals surface area contributed by atoms with Gasteiger partial charge in [-0.15, -0.1) is 0 Å². The molecule has 4 heteroatoms. The smallest absolute Gasteiger partial charge is 0.0642 e. The van der Waals surface area contributed by atoms with Crippen LogP contribution < -0.4 is 15.3 Å². The molecule has 1 aromatic carbocycles. The van der Waals surface area contributed by atoms with Crippen LogP contribution in [-0.4, -0.2) is 44.8 Å². The largest absolute Gasteiger partial charge is 0.380 e. The lowest BCUT2D eigenvalue weighted by atomic mass is 10.2. The first-order valence-corrected chi connectivity index (χ1v) is 7.03. The molecule has 0 unspecified atom stereocenters. The van der Waals surface area contributed by atoms with Gasteiger partial charge >= 0.3 is 0 Å². The number of morpholine rings is 1. The van der Waals surface area contributed by atoms with Gasteiger partial charge in [0.05, 0.1) is 13.2 Å². The molecule has 0 aliphatic carbocycles. The molecule has 0 amide bonds. The molecule has 0 aromatic heterocycles. The van der Waals surface area contributed by atoms with E-state index in [0.717, 1.165) is 54.0 Å². The maximum atomic E-state index is 6.24. The molecule has 19 heavy (non-hydrogen) atoms. The fourth-order valence-corrected chi connectivity index (χ4v) is 2.39. The van der Waals surface area contributed by atoms with Crippen LogP contribution in [0.15, 0.2) is 12.1 Å². The highest BCUT2D eigenvalue weighted by Crippen LogP contribution is 2.14. The minimum absolute atomic E-state index is 0.754. The number of rotatable bonds is 3. The van der Waals surface area contributed by atoms with E-state index in [9.17, 15) is 0 Å². The third-order valence-electron chi connectivity index (χ3n) is 3.44. The van der Waals surface area contributed by atoms with E-state index in [1.54, 1.807) is 0 Å². The van der Waals surface area contributed by atoms with Crippen LogP contribution in [0.3, 0.4) is 0 Å². The van der Waals surface area contributed by atoms with Gasteiger partial charge < -0.3 is 14.5 Å². The molecule has 1 fully saturated rings. The van der Waals surface area contributed by atoms with Crippen LogP contribution in [0, 0.1) is 0 Å². The van der Waals surface area contributed by atoms with Crippen molar-refractivity contribution in [3.05, 3.63) is 27.6 Å². The first-order chi connectivity index (χ1) is 9.11. The van der Waals surface area contributed by atoms with E-state index in [-0.39, 0.29) is 0 Å². The summed E-state index contributed by atoms with van der Waals surface area (Å²) in [4.78, 5) is 4.42. The van der Waals surface area contributed by atoms with Crippen LogP contribution in [-0.2, 0) is 4.74 Å². The van der Waals surface area contributed by atoms with Crippen LogP contribution in [0.1, 0.15) is 6.92 Å². The van der Waals surface area contributed by atoms with Gasteiger partial charge in [0.2, 0.25) is 0 Å². The standard InChI is InChI=1S/C15H21ClN2O/c1-4-17(3)11-13-9-14(16)10-15(12(13)2)18-5-7-19-8-6-18/h9-11H,2,4-8H2,1,3H3/b13-11-. The van der Waals surface area contributed by atoms with Crippen molar-refractivity contribution in [1.82, 2.24) is 4.90 Å². The van der Waals surface area contributed by atoms with Gasteiger partial charge in [0.15, 0.2) is 0 Å². The van der Waals surface area contributed by atoms with Crippen molar-refractivity contribution in [2.45, 2.75) is 6.92 Å². The summed E-state index contributed by atoms with van der Waals surface area (Å²) in [6.45, 7) is 10.6. The molecule has 0 saturated carbocycles. The number of nitrogens with zero attached hydrogens (tertiary/aromatic N) is 2. The number of benzene rings is 1. The first kappa shape index (κ1) is 14.2. The number of hydrogen-bond acceptors (Lipinski definition) is 3. The zero-order valence-electron chi connectivity index (χ0n) is 11.7. The van der Waals surface area contributed by atoms with Crippen molar-refractivity contribution in [3.63, 3.8) is 0 Å². The second kappa shape index (κ2) is 6.31. The zero-order chi connectivity index (χ0) is 13.8. The summed E-state index contributed by atoms with van der Waals surface area (Å²) in [6.07, 6.45) is 2.10. The third-order valence-corrected chi connectivity index (χ3v) is 3.65. The Morgan fingerprint density at radius 2 is 2.11 bits per heavy atom. The molecule has 0 radical (unpaired) electrons. The molecule has 1 aromatic rings. The summed E-state index contributed by atoms with van der Waals surface area (Å²) in [5, 5.41) is 2.87. The molecule has 104 valence electrons. The first-order valence-electron chi connectivity index (χ1n) is 6.65. The van der Waals surface area contributed by atoms with Crippen molar-refractivity contribution in [2.24, 2.45) is 0 Å². The molecule has 0 N–H and O–H groups in total. The molecule has 1 saturated heterocycles. The summed E-state index contributed by atoms with van der Waals surface area (Å²) in [5.74, 6) is 0. The molecule has 1 heterocycles. The van der Waals surface area contributed by atoms with E-state index in [4.69, 9.17) is 16.3 Å². The summed E-state index contributed by atoms with van der Waals surface area (Å²) in [5.41, 5.74) is 1.12. The van der Waals surface area contributed by atoms with E-state index >= 15 is 0 Å². The predicted molar refractivity (Wildman–Crippen MR) is 82.0 cm³/mol. The van der Waals surface area contributed by atoms with Crippen molar-refractivity contribution >= 4 is 30.1 Å². The predicted octanol–water partition coefficient (Wildman–Crippen LogP) is 1.28. The molecule has 1 aliphatic rings. The lowest BCUT2D eigenvalue weighted by molar-refractivity contribution is 0.122. The molecular formula is C15H21ClN2O. The summed E-state index contributed by atoms with van der Waals surface area (Å²) in [7, 11) is 2.05. The Bertz CT molecular complexity index is 538. The highest BCUT2D eigenvalue weighted by Gasteiger charge is 2.12. The summed E-state index contributed by atoms with van der Waals surface area (Å²) < 4.78 is 5.39. The van der Waals surface area contributed by atoms with Gasteiger partial charge in [-0.25, -0.2) is 0 Å². The molecule has 1 aliphatic heterocycles. The van der Waals surface area contributed by atoms with Crippen molar-refractivity contribution < 1.29 is 4.74 Å². The Hall–Kier alpha value is -1.19. The van der Waals surface area contributed by atoms with E-state index < -0.39 is 0 Å². The number of halogens is 1. The number of anilines is 1. The Morgan fingerprint density at radius 1 is 1.42 bits per heavy atom. The van der Waals surface area contributed by atoms with Crippen molar-refractivity contribution in [3.8, 4) is 0 Å². The molecule has 0 bridgehead atoms. The van der Waals surface area contributed by atoms with Crippen LogP contribution in [0.2, 0.25) is 5.02 Å². The van der Waals surface area contributed by atoms with E-state index in [1.807, 2.05) is 12.1 Å².